The van der Waals surface area contributed by atoms with Crippen LogP contribution < -0.4 is 5.32 Å². The van der Waals surface area contributed by atoms with Crippen LogP contribution in [0.3, 0.4) is 0 Å². The van der Waals surface area contributed by atoms with Crippen molar-refractivity contribution in [3.05, 3.63) is 0 Å². The lowest BCUT2D eigenvalue weighted by atomic mass is 9.35. The van der Waals surface area contributed by atoms with Gasteiger partial charge in [0, 0.05) is 52.9 Å². The van der Waals surface area contributed by atoms with Crippen molar-refractivity contribution in [1.82, 2.24) is 5.32 Å². The zero-order valence-electron chi connectivity index (χ0n) is 42.8. The summed E-state index contributed by atoms with van der Waals surface area (Å²) in [5.74, 6) is -4.59. The molecule has 17 atom stereocenters. The van der Waals surface area contributed by atoms with Crippen LogP contribution in [0.2, 0.25) is 0 Å². The summed E-state index contributed by atoms with van der Waals surface area (Å²) < 4.78 is 53.9. The standard InChI is InChI=1S/C50H79NO17/c1-26(52)40(44(59)60-14)51-23-15-19-50(13,68-45-43(66-32(7)58)42(65-31(6)57)41(64-30(5)56)35(67-45)25-61-27(2)53)33-16-21-49(12)39(33)34(62-28(3)54)24-37-47(10)20-18-38(63-29(4)55)46(8,9)36(47)17-22-48(37,49)11/h26,33-43,45,51-52H,15-25H2,1-14H3/t26-,33?,34?,35-,36?,37?,38+,39+,40-,41-,42+,43?,45-,47+,48-,49-,50+/m1/s1. The molecule has 4 saturated carbocycles. The molecule has 1 aliphatic heterocycles. The molecule has 386 valence electrons. The predicted molar refractivity (Wildman–Crippen MR) is 242 cm³/mol. The number of rotatable bonds is 17. The molecular formula is C50H79NO17. The maximum absolute atomic E-state index is 13.3. The molecule has 0 amide bonds. The number of nitrogens with one attached hydrogen (secondary N) is 1. The molecule has 0 bridgehead atoms. The number of methoxy groups -OCH3 is 1. The third kappa shape index (κ3) is 11.0. The second-order valence-electron chi connectivity index (χ2n) is 21.8. The Morgan fingerprint density at radius 3 is 1.85 bits per heavy atom. The van der Waals surface area contributed by atoms with Gasteiger partial charge in [-0.05, 0) is 112 Å². The third-order valence-corrected chi connectivity index (χ3v) is 17.2. The van der Waals surface area contributed by atoms with Gasteiger partial charge in [0.2, 0.25) is 0 Å². The van der Waals surface area contributed by atoms with E-state index in [1.165, 1.54) is 41.7 Å². The Balaban J connectivity index is 1.62. The van der Waals surface area contributed by atoms with Crippen LogP contribution in [-0.2, 0) is 76.2 Å². The van der Waals surface area contributed by atoms with E-state index in [1.807, 2.05) is 6.92 Å². The van der Waals surface area contributed by atoms with Gasteiger partial charge in [0.25, 0.3) is 0 Å². The fourth-order valence-electron chi connectivity index (χ4n) is 14.3. The number of carbonyl (C=O) groups excluding carboxylic acids is 7. The van der Waals surface area contributed by atoms with E-state index in [1.54, 1.807) is 0 Å². The molecule has 5 unspecified atom stereocenters. The highest BCUT2D eigenvalue weighted by Crippen LogP contribution is 2.76. The normalized spacial score (nSPS) is 37.8. The minimum absolute atomic E-state index is 0.127. The second kappa shape index (κ2) is 21.2. The topological polar surface area (TPSA) is 235 Å². The first kappa shape index (κ1) is 55.1. The zero-order chi connectivity index (χ0) is 50.9. The van der Waals surface area contributed by atoms with Crippen LogP contribution in [0.25, 0.3) is 0 Å². The largest absolute Gasteiger partial charge is 0.468 e. The van der Waals surface area contributed by atoms with Gasteiger partial charge < -0.3 is 53.1 Å². The molecule has 2 N–H and O–H groups in total. The fraction of sp³-hybridized carbons (Fsp3) is 0.860. The molecule has 1 saturated heterocycles. The van der Waals surface area contributed by atoms with Crippen LogP contribution >= 0.6 is 0 Å². The van der Waals surface area contributed by atoms with Gasteiger partial charge >= 0.3 is 41.8 Å². The summed E-state index contributed by atoms with van der Waals surface area (Å²) in [5.41, 5.74) is -2.37. The van der Waals surface area contributed by atoms with Gasteiger partial charge in [-0.3, -0.25) is 33.6 Å². The Kier molecular flexibility index (Phi) is 17.2. The number of aliphatic hydroxyl groups is 1. The molecule has 5 aliphatic rings. The van der Waals surface area contributed by atoms with Crippen molar-refractivity contribution in [2.24, 2.45) is 45.3 Å². The maximum Gasteiger partial charge on any atom is 0.325 e. The Bertz CT molecular complexity index is 1890. The number of aliphatic hydroxyl groups excluding tert-OH is 1. The van der Waals surface area contributed by atoms with Crippen molar-refractivity contribution in [3.63, 3.8) is 0 Å². The van der Waals surface area contributed by atoms with Crippen molar-refractivity contribution in [2.75, 3.05) is 20.3 Å². The van der Waals surface area contributed by atoms with E-state index < -0.39 is 102 Å². The van der Waals surface area contributed by atoms with Gasteiger partial charge in [-0.25, -0.2) is 0 Å². The zero-order valence-corrected chi connectivity index (χ0v) is 42.8. The highest BCUT2D eigenvalue weighted by Gasteiger charge is 2.73. The first-order valence-electron chi connectivity index (χ1n) is 24.4. The number of hydrogen-bond acceptors (Lipinski definition) is 18. The monoisotopic (exact) mass is 966 g/mol. The van der Waals surface area contributed by atoms with Crippen LogP contribution in [0.15, 0.2) is 0 Å². The van der Waals surface area contributed by atoms with Crippen LogP contribution in [-0.4, -0.2) is 128 Å². The average molecular weight is 966 g/mol. The van der Waals surface area contributed by atoms with Crippen molar-refractivity contribution in [3.8, 4) is 0 Å². The fourth-order valence-corrected chi connectivity index (χ4v) is 14.3. The van der Waals surface area contributed by atoms with Crippen LogP contribution in [0.5, 0.6) is 0 Å². The van der Waals surface area contributed by atoms with E-state index in [-0.39, 0.29) is 65.0 Å². The first-order valence-corrected chi connectivity index (χ1v) is 24.4. The molecular weight excluding hydrogens is 887 g/mol. The Hall–Kier alpha value is -3.87. The quantitative estimate of drug-likeness (QED) is 0.107. The molecule has 1 heterocycles. The summed E-state index contributed by atoms with van der Waals surface area (Å²) in [6.45, 7) is 22.3. The summed E-state index contributed by atoms with van der Waals surface area (Å²) in [6, 6.07) is -1.02. The number of esters is 7. The second-order valence-corrected chi connectivity index (χ2v) is 21.8. The first-order chi connectivity index (χ1) is 31.6. The summed E-state index contributed by atoms with van der Waals surface area (Å²) in [5, 5.41) is 13.6. The van der Waals surface area contributed by atoms with Gasteiger partial charge in [0.05, 0.1) is 18.8 Å². The molecule has 68 heavy (non-hydrogen) atoms. The number of ether oxygens (including phenoxy) is 9. The molecule has 0 radical (unpaired) electrons. The van der Waals surface area contributed by atoms with Gasteiger partial charge in [-0.1, -0.05) is 34.6 Å². The molecule has 0 aromatic heterocycles. The molecule has 0 aromatic rings. The molecule has 0 spiro atoms. The Morgan fingerprint density at radius 1 is 0.721 bits per heavy atom. The Morgan fingerprint density at radius 2 is 1.29 bits per heavy atom. The highest BCUT2D eigenvalue weighted by atomic mass is 16.7. The molecule has 18 heteroatoms. The summed E-state index contributed by atoms with van der Waals surface area (Å²) in [4.78, 5) is 88.7. The van der Waals surface area contributed by atoms with Crippen LogP contribution in [0.1, 0.15) is 148 Å². The highest BCUT2D eigenvalue weighted by molar-refractivity contribution is 5.76. The lowest BCUT2D eigenvalue weighted by molar-refractivity contribution is -0.339. The van der Waals surface area contributed by atoms with Gasteiger partial charge in [0.1, 0.15) is 31.0 Å². The SMILES string of the molecule is COC(=O)[C@H](NCCC[C@](C)(O[C@H]1O[C@H](COC(C)=O)[C@@H](OC(C)=O)[C@H](OC(C)=O)C1OC(C)=O)C1CC[C@]2(C)[C@@H]1C(OC(C)=O)CC1[C@@]3(C)CC[C@H](OC(C)=O)C(C)(C)C3CC[C@]12C)[C@@H](C)O. The van der Waals surface area contributed by atoms with E-state index >= 15 is 0 Å². The third-order valence-electron chi connectivity index (χ3n) is 17.2. The van der Waals surface area contributed by atoms with E-state index in [4.69, 9.17) is 42.6 Å². The van der Waals surface area contributed by atoms with Crippen LogP contribution in [0.4, 0.5) is 0 Å². The molecule has 5 fully saturated rings. The summed E-state index contributed by atoms with van der Waals surface area (Å²) in [6.07, 6.45) is -2.98. The molecule has 4 aliphatic carbocycles. The predicted octanol–water partition coefficient (Wildman–Crippen LogP) is 5.30. The number of hydrogen-bond donors (Lipinski definition) is 2. The maximum atomic E-state index is 13.3. The summed E-state index contributed by atoms with van der Waals surface area (Å²) >= 11 is 0. The van der Waals surface area contributed by atoms with Crippen LogP contribution in [0, 0.1) is 45.3 Å². The van der Waals surface area contributed by atoms with Crippen molar-refractivity contribution < 1.29 is 81.3 Å². The summed E-state index contributed by atoms with van der Waals surface area (Å²) in [7, 11) is 1.24. The number of fused-ring (bicyclic) bond motifs is 5. The lowest BCUT2D eigenvalue weighted by Gasteiger charge is -2.70. The van der Waals surface area contributed by atoms with Gasteiger partial charge in [0.15, 0.2) is 24.6 Å². The average Bonchev–Trinajstić information content (AvgIpc) is 3.60. The molecule has 0 aromatic carbocycles. The van der Waals surface area contributed by atoms with E-state index in [0.717, 1.165) is 46.0 Å². The van der Waals surface area contributed by atoms with Crippen molar-refractivity contribution in [1.29, 1.82) is 0 Å². The van der Waals surface area contributed by atoms with Gasteiger partial charge in [-0.2, -0.15) is 0 Å². The van der Waals surface area contributed by atoms with Gasteiger partial charge in [-0.15, -0.1) is 0 Å². The minimum Gasteiger partial charge on any atom is -0.468 e. The Labute approximate surface area is 401 Å². The van der Waals surface area contributed by atoms with Crippen molar-refractivity contribution >= 4 is 41.8 Å². The van der Waals surface area contributed by atoms with E-state index in [9.17, 15) is 38.7 Å². The number of carbonyl (C=O) groups is 7. The lowest BCUT2D eigenvalue weighted by Crippen LogP contribution is -2.67. The van der Waals surface area contributed by atoms with E-state index in [2.05, 4.69) is 39.9 Å². The smallest absolute Gasteiger partial charge is 0.325 e. The minimum atomic E-state index is -1.50. The molecule has 18 nitrogen and oxygen atoms in total. The van der Waals surface area contributed by atoms with Crippen molar-refractivity contribution in [2.45, 2.75) is 208 Å². The van der Waals surface area contributed by atoms with E-state index in [0.29, 0.717) is 19.3 Å². The molecule has 5 rings (SSSR count).